The van der Waals surface area contributed by atoms with Gasteiger partial charge in [0.05, 0.1) is 6.61 Å². The SMILES string of the molecule is [C-]#[N+]C(C)(C)CCCCOCc1ccccc1. The summed E-state index contributed by atoms with van der Waals surface area (Å²) in [4.78, 5) is 3.59. The predicted molar refractivity (Wildman–Crippen MR) is 70.6 cm³/mol. The summed E-state index contributed by atoms with van der Waals surface area (Å²) in [6.07, 6.45) is 3.04. The molecule has 0 spiro atoms. The molecular formula is C15H21NO. The maximum Gasteiger partial charge on any atom is 0.227 e. The lowest BCUT2D eigenvalue weighted by atomic mass is 9.99. The van der Waals surface area contributed by atoms with E-state index in [0.717, 1.165) is 25.9 Å². The first-order valence-corrected chi connectivity index (χ1v) is 6.14. The van der Waals surface area contributed by atoms with E-state index < -0.39 is 0 Å². The Labute approximate surface area is 104 Å². The molecule has 92 valence electrons. The minimum Gasteiger partial charge on any atom is -0.377 e. The van der Waals surface area contributed by atoms with Gasteiger partial charge in [-0.15, -0.1) is 0 Å². The Kier molecular flexibility index (Phi) is 5.72. The molecule has 0 aliphatic rings. The van der Waals surface area contributed by atoms with Crippen molar-refractivity contribution >= 4 is 0 Å². The van der Waals surface area contributed by atoms with Crippen LogP contribution in [0.2, 0.25) is 0 Å². The number of benzene rings is 1. The van der Waals surface area contributed by atoms with Crippen molar-refractivity contribution in [2.75, 3.05) is 6.61 Å². The highest BCUT2D eigenvalue weighted by atomic mass is 16.5. The van der Waals surface area contributed by atoms with Crippen molar-refractivity contribution in [2.24, 2.45) is 0 Å². The molecule has 0 radical (unpaired) electrons. The third-order valence-electron chi connectivity index (χ3n) is 2.74. The molecule has 2 nitrogen and oxygen atoms in total. The molecule has 0 saturated heterocycles. The van der Waals surface area contributed by atoms with Crippen molar-refractivity contribution in [2.45, 2.75) is 45.3 Å². The van der Waals surface area contributed by atoms with E-state index >= 15 is 0 Å². The summed E-state index contributed by atoms with van der Waals surface area (Å²) in [5.74, 6) is 0. The van der Waals surface area contributed by atoms with Gasteiger partial charge in [0.15, 0.2) is 0 Å². The van der Waals surface area contributed by atoms with Crippen LogP contribution in [-0.2, 0) is 11.3 Å². The maximum atomic E-state index is 7.03. The summed E-state index contributed by atoms with van der Waals surface area (Å²) in [5, 5.41) is 0. The summed E-state index contributed by atoms with van der Waals surface area (Å²) >= 11 is 0. The molecule has 0 heterocycles. The molecule has 0 unspecified atom stereocenters. The zero-order valence-corrected chi connectivity index (χ0v) is 10.8. The molecule has 0 aromatic heterocycles. The van der Waals surface area contributed by atoms with Gasteiger partial charge < -0.3 is 9.58 Å². The van der Waals surface area contributed by atoms with Crippen molar-refractivity contribution in [1.82, 2.24) is 0 Å². The van der Waals surface area contributed by atoms with Crippen LogP contribution in [-0.4, -0.2) is 12.1 Å². The smallest absolute Gasteiger partial charge is 0.227 e. The van der Waals surface area contributed by atoms with Gasteiger partial charge in [-0.3, -0.25) is 0 Å². The average Bonchev–Trinajstić information content (AvgIpc) is 2.35. The van der Waals surface area contributed by atoms with E-state index in [9.17, 15) is 0 Å². The van der Waals surface area contributed by atoms with Crippen LogP contribution >= 0.6 is 0 Å². The van der Waals surface area contributed by atoms with E-state index in [1.165, 1.54) is 5.56 Å². The normalized spacial score (nSPS) is 11.1. The first-order valence-electron chi connectivity index (χ1n) is 6.14. The van der Waals surface area contributed by atoms with E-state index in [2.05, 4.69) is 17.0 Å². The van der Waals surface area contributed by atoms with Gasteiger partial charge in [0.25, 0.3) is 0 Å². The molecule has 1 aromatic carbocycles. The minimum absolute atomic E-state index is 0.209. The van der Waals surface area contributed by atoms with E-state index in [1.807, 2.05) is 32.0 Å². The molecule has 0 bridgehead atoms. The lowest BCUT2D eigenvalue weighted by Gasteiger charge is -2.10. The van der Waals surface area contributed by atoms with Gasteiger partial charge >= 0.3 is 0 Å². The fourth-order valence-corrected chi connectivity index (χ4v) is 1.58. The van der Waals surface area contributed by atoms with Crippen molar-refractivity contribution in [3.63, 3.8) is 0 Å². The molecule has 0 aliphatic carbocycles. The topological polar surface area (TPSA) is 13.6 Å². The Hall–Kier alpha value is -1.33. The first kappa shape index (κ1) is 13.7. The van der Waals surface area contributed by atoms with Crippen LogP contribution in [0.15, 0.2) is 30.3 Å². The standard InChI is InChI=1S/C15H21NO/c1-15(2,16-3)11-7-8-12-17-13-14-9-5-4-6-10-14/h4-6,9-10H,7-8,11-13H2,1-2H3. The van der Waals surface area contributed by atoms with Crippen LogP contribution in [0.4, 0.5) is 0 Å². The second kappa shape index (κ2) is 7.09. The van der Waals surface area contributed by atoms with E-state index in [1.54, 1.807) is 0 Å². The van der Waals surface area contributed by atoms with E-state index in [0.29, 0.717) is 6.61 Å². The maximum absolute atomic E-state index is 7.03. The van der Waals surface area contributed by atoms with Gasteiger partial charge in [0.1, 0.15) is 0 Å². The fourth-order valence-electron chi connectivity index (χ4n) is 1.58. The molecule has 0 saturated carbocycles. The molecule has 0 N–H and O–H groups in total. The van der Waals surface area contributed by atoms with Gasteiger partial charge in [-0.05, 0) is 18.4 Å². The Bertz CT molecular complexity index is 351. The predicted octanol–water partition coefficient (Wildman–Crippen LogP) is 4.07. The molecular weight excluding hydrogens is 210 g/mol. The summed E-state index contributed by atoms with van der Waals surface area (Å²) in [7, 11) is 0. The van der Waals surface area contributed by atoms with E-state index in [4.69, 9.17) is 11.3 Å². The highest BCUT2D eigenvalue weighted by molar-refractivity contribution is 5.13. The fraction of sp³-hybridized carbons (Fsp3) is 0.533. The van der Waals surface area contributed by atoms with Crippen LogP contribution in [0.3, 0.4) is 0 Å². The molecule has 0 aliphatic heterocycles. The molecule has 0 atom stereocenters. The first-order chi connectivity index (χ1) is 8.14. The summed E-state index contributed by atoms with van der Waals surface area (Å²) in [5.41, 5.74) is 1.01. The Balaban J connectivity index is 2.04. The van der Waals surface area contributed by atoms with Gasteiger partial charge in [-0.25, -0.2) is 6.57 Å². The number of unbranched alkanes of at least 4 members (excludes halogenated alkanes) is 1. The lowest BCUT2D eigenvalue weighted by molar-refractivity contribution is 0.116. The average molecular weight is 231 g/mol. The van der Waals surface area contributed by atoms with Crippen LogP contribution in [0.5, 0.6) is 0 Å². The Morgan fingerprint density at radius 2 is 1.88 bits per heavy atom. The zero-order chi connectivity index (χ0) is 12.6. The van der Waals surface area contributed by atoms with Crippen LogP contribution < -0.4 is 0 Å². The Morgan fingerprint density at radius 1 is 1.18 bits per heavy atom. The van der Waals surface area contributed by atoms with Crippen molar-refractivity contribution in [1.29, 1.82) is 0 Å². The van der Waals surface area contributed by atoms with Crippen LogP contribution in [0.1, 0.15) is 38.7 Å². The van der Waals surface area contributed by atoms with Gasteiger partial charge in [0.2, 0.25) is 5.54 Å². The molecule has 1 rings (SSSR count). The lowest BCUT2D eigenvalue weighted by Crippen LogP contribution is -2.13. The highest BCUT2D eigenvalue weighted by Gasteiger charge is 2.21. The van der Waals surface area contributed by atoms with Crippen LogP contribution in [0, 0.1) is 6.57 Å². The molecule has 1 aromatic rings. The van der Waals surface area contributed by atoms with Crippen molar-refractivity contribution < 1.29 is 4.74 Å². The number of rotatable bonds is 7. The number of hydrogen-bond acceptors (Lipinski definition) is 1. The van der Waals surface area contributed by atoms with Crippen molar-refractivity contribution in [3.05, 3.63) is 47.3 Å². The third kappa shape index (κ3) is 6.09. The summed E-state index contributed by atoms with van der Waals surface area (Å²) < 4.78 is 5.59. The third-order valence-corrected chi connectivity index (χ3v) is 2.74. The molecule has 0 amide bonds. The van der Waals surface area contributed by atoms with Gasteiger partial charge in [0, 0.05) is 26.9 Å². The Morgan fingerprint density at radius 3 is 2.53 bits per heavy atom. The molecule has 17 heavy (non-hydrogen) atoms. The number of ether oxygens (including phenoxy) is 1. The molecule has 2 heteroatoms. The van der Waals surface area contributed by atoms with Gasteiger partial charge in [-0.2, -0.15) is 0 Å². The number of hydrogen-bond donors (Lipinski definition) is 0. The van der Waals surface area contributed by atoms with E-state index in [-0.39, 0.29) is 5.54 Å². The van der Waals surface area contributed by atoms with Crippen molar-refractivity contribution in [3.8, 4) is 0 Å². The minimum atomic E-state index is -0.209. The summed E-state index contributed by atoms with van der Waals surface area (Å²) in [6, 6.07) is 10.2. The highest BCUT2D eigenvalue weighted by Crippen LogP contribution is 2.17. The zero-order valence-electron chi connectivity index (χ0n) is 10.8. The van der Waals surface area contributed by atoms with Crippen LogP contribution in [0.25, 0.3) is 4.85 Å². The second-order valence-corrected chi connectivity index (χ2v) is 4.92. The monoisotopic (exact) mass is 231 g/mol. The van der Waals surface area contributed by atoms with Gasteiger partial charge in [-0.1, -0.05) is 30.3 Å². The second-order valence-electron chi connectivity index (χ2n) is 4.92. The quantitative estimate of drug-likeness (QED) is 0.509. The summed E-state index contributed by atoms with van der Waals surface area (Å²) in [6.45, 7) is 12.5. The largest absolute Gasteiger partial charge is 0.377 e. The number of nitrogens with zero attached hydrogens (tertiary/aromatic N) is 1. The molecule has 0 fully saturated rings.